The van der Waals surface area contributed by atoms with Gasteiger partial charge in [-0.2, -0.15) is 0 Å². The van der Waals surface area contributed by atoms with Gasteiger partial charge in [-0.15, -0.1) is 0 Å². The van der Waals surface area contributed by atoms with Crippen LogP contribution in [0.4, 0.5) is 0 Å². The molecule has 1 aromatic carbocycles. The van der Waals surface area contributed by atoms with Gasteiger partial charge in [0.1, 0.15) is 17.1 Å². The number of fused-ring (bicyclic) bond motifs is 1. The van der Waals surface area contributed by atoms with Crippen molar-refractivity contribution in [3.8, 4) is 11.5 Å². The molecule has 0 unspecified atom stereocenters. The zero-order chi connectivity index (χ0) is 32.6. The van der Waals surface area contributed by atoms with Crippen LogP contribution in [0.15, 0.2) is 0 Å². The summed E-state index contributed by atoms with van der Waals surface area (Å²) < 4.78 is 16.9. The summed E-state index contributed by atoms with van der Waals surface area (Å²) in [6, 6.07) is 0. The topological polar surface area (TPSA) is 125 Å². The second kappa shape index (κ2) is 20.4. The van der Waals surface area contributed by atoms with Crippen molar-refractivity contribution >= 4 is 18.2 Å². The molecule has 0 aromatic heterocycles. The quantitative estimate of drug-likeness (QED) is 0.0749. The van der Waals surface area contributed by atoms with Crippen molar-refractivity contribution in [1.82, 2.24) is 5.32 Å². The molecule has 1 heterocycles. The lowest BCUT2D eigenvalue weighted by Crippen LogP contribution is -2.37. The summed E-state index contributed by atoms with van der Waals surface area (Å²) in [5.41, 5.74) is 9.47. The molecule has 1 aliphatic rings. The SMILES string of the molecule is Cc1c(C)c2c(c(C)c1O)CC[C@@](C)(CCC[C@H](C)CCC[C@H](C)CCCC(C)C)O2.NCCCNCCSP(=O)(O)O. The molecule has 0 amide bonds. The third-order valence-corrected chi connectivity index (χ3v) is 11.2. The number of ether oxygens (including phenoxy) is 1. The summed E-state index contributed by atoms with van der Waals surface area (Å²) in [7, 11) is 0. The van der Waals surface area contributed by atoms with Gasteiger partial charge in [0.2, 0.25) is 0 Å². The summed E-state index contributed by atoms with van der Waals surface area (Å²) in [4.78, 5) is 16.9. The minimum atomic E-state index is -3.87. The third-order valence-electron chi connectivity index (χ3n) is 8.96. The number of nitrogens with two attached hydrogens (primary N) is 1. The van der Waals surface area contributed by atoms with Gasteiger partial charge in [-0.3, -0.25) is 0 Å². The number of benzene rings is 1. The van der Waals surface area contributed by atoms with Gasteiger partial charge < -0.3 is 30.7 Å². The molecule has 7 nitrogen and oxygen atoms in total. The lowest BCUT2D eigenvalue weighted by Gasteiger charge is -2.38. The van der Waals surface area contributed by atoms with Crippen molar-refractivity contribution < 1.29 is 24.2 Å². The maximum atomic E-state index is 10.4. The highest BCUT2D eigenvalue weighted by Gasteiger charge is 2.34. The van der Waals surface area contributed by atoms with E-state index < -0.39 is 6.80 Å². The Bertz CT molecular complexity index is 986. The van der Waals surface area contributed by atoms with E-state index in [0.29, 0.717) is 36.0 Å². The lowest BCUT2D eigenvalue weighted by atomic mass is 9.84. The molecule has 0 aliphatic carbocycles. The van der Waals surface area contributed by atoms with Crippen LogP contribution >= 0.6 is 18.2 Å². The standard InChI is InChI=1S/C29H50O2.C5H15N2O3PS/c1-20(2)12-9-13-21(3)14-10-15-22(4)16-11-18-29(8)19-17-26-25(7)27(30)23(5)24(6)28(26)31-29;6-2-1-3-7-4-5-12-11(8,9)10/h20-22,30H,9-19H2,1-8H3;7H,1-6H2,(H2,8,9,10)/t21-,22-,29-;/m1./s1. The first-order valence-electron chi connectivity index (χ1n) is 16.7. The highest BCUT2D eigenvalue weighted by molar-refractivity contribution is 8.54. The summed E-state index contributed by atoms with van der Waals surface area (Å²) in [6.45, 7) is 16.1. The Balaban J connectivity index is 0.000000650. The Kier molecular flexibility index (Phi) is 19.1. The van der Waals surface area contributed by atoms with Gasteiger partial charge in [0.15, 0.2) is 0 Å². The molecule has 0 saturated carbocycles. The molecular formula is C34H65N2O5PS. The first-order valence-corrected chi connectivity index (χ1v) is 19.9. The Morgan fingerprint density at radius 2 is 1.49 bits per heavy atom. The highest BCUT2D eigenvalue weighted by Crippen LogP contribution is 2.49. The third kappa shape index (κ3) is 16.4. The van der Waals surface area contributed by atoms with Crippen molar-refractivity contribution in [3.05, 3.63) is 22.3 Å². The van der Waals surface area contributed by atoms with E-state index in [1.807, 2.05) is 13.8 Å². The van der Waals surface area contributed by atoms with Crippen LogP contribution in [-0.2, 0) is 11.0 Å². The number of aromatic hydroxyl groups is 1. The van der Waals surface area contributed by atoms with Crippen LogP contribution in [-0.4, -0.2) is 45.9 Å². The van der Waals surface area contributed by atoms with Gasteiger partial charge in [0.25, 0.3) is 0 Å². The van der Waals surface area contributed by atoms with Gasteiger partial charge in [0, 0.05) is 17.9 Å². The van der Waals surface area contributed by atoms with Crippen LogP contribution in [0.5, 0.6) is 11.5 Å². The van der Waals surface area contributed by atoms with Gasteiger partial charge in [-0.05, 0) is 119 Å². The number of rotatable bonds is 19. The zero-order valence-electron chi connectivity index (χ0n) is 28.6. The second-order valence-electron chi connectivity index (χ2n) is 13.7. The number of phenolic OH excluding ortho intramolecular Hbond substituents is 1. The Hall–Kier alpha value is -0.760. The molecule has 0 radical (unpaired) electrons. The predicted molar refractivity (Wildman–Crippen MR) is 185 cm³/mol. The Morgan fingerprint density at radius 1 is 0.907 bits per heavy atom. The van der Waals surface area contributed by atoms with Crippen LogP contribution in [0.3, 0.4) is 0 Å². The van der Waals surface area contributed by atoms with E-state index in [2.05, 4.69) is 46.9 Å². The Morgan fingerprint density at radius 3 is 2.05 bits per heavy atom. The van der Waals surface area contributed by atoms with Gasteiger partial charge in [-0.25, -0.2) is 4.57 Å². The molecule has 1 aliphatic heterocycles. The number of phenols is 1. The Labute approximate surface area is 267 Å². The van der Waals surface area contributed by atoms with E-state index in [4.69, 9.17) is 20.3 Å². The van der Waals surface area contributed by atoms with Crippen LogP contribution in [0.25, 0.3) is 0 Å². The molecular weight excluding hydrogens is 579 g/mol. The lowest BCUT2D eigenvalue weighted by molar-refractivity contribution is 0.0511. The largest absolute Gasteiger partial charge is 0.507 e. The van der Waals surface area contributed by atoms with Crippen molar-refractivity contribution in [2.75, 3.05) is 25.4 Å². The molecule has 3 atom stereocenters. The van der Waals surface area contributed by atoms with Crippen LogP contribution in [0.1, 0.15) is 128 Å². The normalized spacial score (nSPS) is 18.0. The molecule has 0 bridgehead atoms. The monoisotopic (exact) mass is 644 g/mol. The minimum absolute atomic E-state index is 0.0712. The maximum Gasteiger partial charge on any atom is 0.384 e. The van der Waals surface area contributed by atoms with E-state index in [0.717, 1.165) is 72.4 Å². The van der Waals surface area contributed by atoms with Crippen molar-refractivity contribution in [2.24, 2.45) is 23.5 Å². The average Bonchev–Trinajstić information content (AvgIpc) is 2.92. The molecule has 0 spiro atoms. The number of nitrogens with one attached hydrogen (secondary N) is 1. The number of hydrogen-bond acceptors (Lipinski definition) is 6. The minimum Gasteiger partial charge on any atom is -0.507 e. The highest BCUT2D eigenvalue weighted by atomic mass is 32.7. The molecule has 43 heavy (non-hydrogen) atoms. The first kappa shape index (κ1) is 40.3. The fraction of sp³-hybridized carbons (Fsp3) is 0.824. The molecule has 252 valence electrons. The molecule has 1 aromatic rings. The second-order valence-corrected chi connectivity index (χ2v) is 17.5. The van der Waals surface area contributed by atoms with Crippen molar-refractivity contribution in [2.45, 2.75) is 138 Å². The fourth-order valence-corrected chi connectivity index (χ4v) is 7.32. The van der Waals surface area contributed by atoms with Crippen LogP contribution in [0.2, 0.25) is 0 Å². The van der Waals surface area contributed by atoms with E-state index >= 15 is 0 Å². The van der Waals surface area contributed by atoms with Crippen molar-refractivity contribution in [1.29, 1.82) is 0 Å². The van der Waals surface area contributed by atoms with Crippen molar-refractivity contribution in [3.63, 3.8) is 0 Å². The molecule has 6 N–H and O–H groups in total. The molecule has 0 fully saturated rings. The smallest absolute Gasteiger partial charge is 0.384 e. The molecule has 0 saturated heterocycles. The van der Waals surface area contributed by atoms with Gasteiger partial charge >= 0.3 is 6.80 Å². The first-order chi connectivity index (χ1) is 20.1. The summed E-state index contributed by atoms with van der Waals surface area (Å²) in [5, 5.41) is 13.4. The molecule has 2 rings (SSSR count). The summed E-state index contributed by atoms with van der Waals surface area (Å²) in [6.07, 6.45) is 14.9. The van der Waals surface area contributed by atoms with Crippen LogP contribution in [0, 0.1) is 38.5 Å². The van der Waals surface area contributed by atoms with E-state index in [1.165, 1.54) is 56.9 Å². The van der Waals surface area contributed by atoms with E-state index in [1.54, 1.807) is 0 Å². The maximum absolute atomic E-state index is 10.4. The van der Waals surface area contributed by atoms with Gasteiger partial charge in [0.05, 0.1) is 0 Å². The summed E-state index contributed by atoms with van der Waals surface area (Å²) in [5.74, 6) is 4.46. The van der Waals surface area contributed by atoms with Gasteiger partial charge in [-0.1, -0.05) is 72.6 Å². The predicted octanol–water partition coefficient (Wildman–Crippen LogP) is 8.59. The molecule has 9 heteroatoms. The summed E-state index contributed by atoms with van der Waals surface area (Å²) >= 11 is 0.665. The van der Waals surface area contributed by atoms with E-state index in [9.17, 15) is 9.67 Å². The number of hydrogen-bond donors (Lipinski definition) is 5. The zero-order valence-corrected chi connectivity index (χ0v) is 30.3. The van der Waals surface area contributed by atoms with Crippen LogP contribution < -0.4 is 15.8 Å². The fourth-order valence-electron chi connectivity index (χ4n) is 5.86. The average molecular weight is 645 g/mol. The van der Waals surface area contributed by atoms with E-state index in [-0.39, 0.29) is 5.60 Å².